The first-order valence-electron chi connectivity index (χ1n) is 4.82. The maximum absolute atomic E-state index is 11.4. The molecular weight excluding hydrogens is 192 g/mol. The fourth-order valence-corrected chi connectivity index (χ4v) is 2.14. The fraction of sp³-hybridized carbons (Fsp3) is 0.417. The predicted octanol–water partition coefficient (Wildman–Crippen LogP) is 3.31. The zero-order valence-electron chi connectivity index (χ0n) is 8.91. The summed E-state index contributed by atoms with van der Waals surface area (Å²) < 4.78 is 0. The van der Waals surface area contributed by atoms with Gasteiger partial charge < -0.3 is 0 Å². The summed E-state index contributed by atoms with van der Waals surface area (Å²) in [7, 11) is 0. The molecule has 1 aromatic carbocycles. The van der Waals surface area contributed by atoms with Crippen LogP contribution in [0.3, 0.4) is 0 Å². The van der Waals surface area contributed by atoms with Gasteiger partial charge in [-0.1, -0.05) is 32.0 Å². The number of hydrogen-bond acceptors (Lipinski definition) is 2. The summed E-state index contributed by atoms with van der Waals surface area (Å²) in [6.07, 6.45) is 0. The maximum Gasteiger partial charge on any atom is 0.145 e. The van der Waals surface area contributed by atoms with Crippen LogP contribution in [0.2, 0.25) is 0 Å². The highest BCUT2D eigenvalue weighted by atomic mass is 32.2. The minimum Gasteiger partial charge on any atom is -0.298 e. The van der Waals surface area contributed by atoms with Gasteiger partial charge in [0.25, 0.3) is 0 Å². The lowest BCUT2D eigenvalue weighted by Gasteiger charge is -2.05. The molecule has 0 N–H and O–H groups in total. The Balaban J connectivity index is 2.54. The van der Waals surface area contributed by atoms with Gasteiger partial charge in [-0.2, -0.15) is 0 Å². The molecule has 0 fully saturated rings. The van der Waals surface area contributed by atoms with Crippen LogP contribution in [-0.4, -0.2) is 11.5 Å². The summed E-state index contributed by atoms with van der Waals surface area (Å²) in [6.45, 7) is 5.96. The summed E-state index contributed by atoms with van der Waals surface area (Å²) >= 11 is 1.63. The van der Waals surface area contributed by atoms with Crippen molar-refractivity contribution in [2.45, 2.75) is 25.7 Å². The Hall–Kier alpha value is -0.760. The monoisotopic (exact) mass is 208 g/mol. The molecule has 0 saturated heterocycles. The minimum atomic E-state index is 0.145. The molecule has 0 aliphatic carbocycles. The Labute approximate surface area is 89.9 Å². The summed E-state index contributed by atoms with van der Waals surface area (Å²) in [5, 5.41) is 0. The van der Waals surface area contributed by atoms with Gasteiger partial charge in [0.05, 0.1) is 5.75 Å². The zero-order valence-corrected chi connectivity index (χ0v) is 9.73. The molecule has 0 amide bonds. The highest BCUT2D eigenvalue weighted by Crippen LogP contribution is 2.22. The number of aryl methyl sites for hydroxylation is 1. The maximum atomic E-state index is 11.4. The Morgan fingerprint density at radius 2 is 2.00 bits per heavy atom. The quantitative estimate of drug-likeness (QED) is 0.706. The molecule has 0 radical (unpaired) electrons. The van der Waals surface area contributed by atoms with Gasteiger partial charge in [0, 0.05) is 10.8 Å². The second kappa shape index (κ2) is 5.20. The van der Waals surface area contributed by atoms with Crippen LogP contribution in [0.15, 0.2) is 29.2 Å². The molecule has 0 atom stereocenters. The van der Waals surface area contributed by atoms with Crippen molar-refractivity contribution in [3.63, 3.8) is 0 Å². The lowest BCUT2D eigenvalue weighted by Crippen LogP contribution is -2.09. The predicted molar refractivity (Wildman–Crippen MR) is 61.7 cm³/mol. The van der Waals surface area contributed by atoms with Crippen molar-refractivity contribution >= 4 is 17.5 Å². The van der Waals surface area contributed by atoms with Crippen LogP contribution < -0.4 is 0 Å². The third-order valence-corrected chi connectivity index (χ3v) is 3.31. The molecule has 0 aromatic heterocycles. The van der Waals surface area contributed by atoms with E-state index in [9.17, 15) is 4.79 Å². The summed E-state index contributed by atoms with van der Waals surface area (Å²) in [4.78, 5) is 12.6. The van der Waals surface area contributed by atoms with Crippen LogP contribution in [0.25, 0.3) is 0 Å². The molecule has 0 saturated carbocycles. The molecule has 0 spiro atoms. The van der Waals surface area contributed by atoms with Gasteiger partial charge in [0.15, 0.2) is 0 Å². The Morgan fingerprint density at radius 1 is 1.36 bits per heavy atom. The Morgan fingerprint density at radius 3 is 2.57 bits per heavy atom. The minimum absolute atomic E-state index is 0.145. The smallest absolute Gasteiger partial charge is 0.145 e. The number of carbonyl (C=O) groups is 1. The molecule has 1 nitrogen and oxygen atoms in total. The van der Waals surface area contributed by atoms with E-state index in [1.165, 1.54) is 10.5 Å². The highest BCUT2D eigenvalue weighted by molar-refractivity contribution is 8.00. The number of hydrogen-bond donors (Lipinski definition) is 0. The van der Waals surface area contributed by atoms with Crippen LogP contribution in [-0.2, 0) is 4.79 Å². The van der Waals surface area contributed by atoms with E-state index in [2.05, 4.69) is 19.1 Å². The lowest BCUT2D eigenvalue weighted by atomic mass is 10.1. The second-order valence-electron chi connectivity index (χ2n) is 3.68. The first-order chi connectivity index (χ1) is 6.61. The van der Waals surface area contributed by atoms with E-state index >= 15 is 0 Å². The van der Waals surface area contributed by atoms with E-state index in [1.54, 1.807) is 11.8 Å². The standard InChI is InChI=1S/C12H16OS/c1-9(2)11(13)8-14-12-7-5-4-6-10(12)3/h4-7,9H,8H2,1-3H3. The lowest BCUT2D eigenvalue weighted by molar-refractivity contribution is -0.119. The highest BCUT2D eigenvalue weighted by Gasteiger charge is 2.08. The molecule has 0 unspecified atom stereocenters. The largest absolute Gasteiger partial charge is 0.298 e. The Bertz CT molecular complexity index is 318. The molecule has 14 heavy (non-hydrogen) atoms. The number of thioether (sulfide) groups is 1. The number of rotatable bonds is 4. The van der Waals surface area contributed by atoms with E-state index in [-0.39, 0.29) is 5.92 Å². The van der Waals surface area contributed by atoms with Gasteiger partial charge in [-0.15, -0.1) is 11.8 Å². The molecule has 0 heterocycles. The van der Waals surface area contributed by atoms with Gasteiger partial charge >= 0.3 is 0 Å². The van der Waals surface area contributed by atoms with Crippen molar-refractivity contribution < 1.29 is 4.79 Å². The van der Waals surface area contributed by atoms with Crippen LogP contribution in [0, 0.1) is 12.8 Å². The third kappa shape index (κ3) is 3.18. The van der Waals surface area contributed by atoms with E-state index in [1.807, 2.05) is 26.0 Å². The van der Waals surface area contributed by atoms with Crippen molar-refractivity contribution in [3.8, 4) is 0 Å². The van der Waals surface area contributed by atoms with E-state index in [0.717, 1.165) is 0 Å². The SMILES string of the molecule is Cc1ccccc1SCC(=O)C(C)C. The number of benzene rings is 1. The molecular formula is C12H16OS. The first kappa shape index (κ1) is 11.3. The summed E-state index contributed by atoms with van der Waals surface area (Å²) in [6, 6.07) is 8.16. The molecule has 1 aromatic rings. The van der Waals surface area contributed by atoms with Crippen molar-refractivity contribution in [1.29, 1.82) is 0 Å². The molecule has 0 aliphatic rings. The Kier molecular flexibility index (Phi) is 4.21. The van der Waals surface area contributed by atoms with Gasteiger partial charge in [-0.25, -0.2) is 0 Å². The van der Waals surface area contributed by atoms with Crippen LogP contribution >= 0.6 is 11.8 Å². The van der Waals surface area contributed by atoms with Gasteiger partial charge in [0.2, 0.25) is 0 Å². The average Bonchev–Trinajstić information content (AvgIpc) is 2.16. The van der Waals surface area contributed by atoms with Gasteiger partial charge in [0.1, 0.15) is 5.78 Å². The number of carbonyl (C=O) groups excluding carboxylic acids is 1. The van der Waals surface area contributed by atoms with E-state index < -0.39 is 0 Å². The van der Waals surface area contributed by atoms with Crippen molar-refractivity contribution in [3.05, 3.63) is 29.8 Å². The van der Waals surface area contributed by atoms with Crippen molar-refractivity contribution in [1.82, 2.24) is 0 Å². The van der Waals surface area contributed by atoms with Crippen LogP contribution in [0.4, 0.5) is 0 Å². The topological polar surface area (TPSA) is 17.1 Å². The second-order valence-corrected chi connectivity index (χ2v) is 4.69. The summed E-state index contributed by atoms with van der Waals surface area (Å²) in [5.41, 5.74) is 1.24. The number of Topliss-reactive ketones (excluding diaryl/α,β-unsaturated/α-hetero) is 1. The van der Waals surface area contributed by atoms with Crippen molar-refractivity contribution in [2.75, 3.05) is 5.75 Å². The number of ketones is 1. The third-order valence-electron chi connectivity index (χ3n) is 2.11. The normalized spacial score (nSPS) is 10.6. The van der Waals surface area contributed by atoms with E-state index in [0.29, 0.717) is 11.5 Å². The van der Waals surface area contributed by atoms with Gasteiger partial charge in [-0.3, -0.25) is 4.79 Å². The van der Waals surface area contributed by atoms with E-state index in [4.69, 9.17) is 0 Å². The first-order valence-corrected chi connectivity index (χ1v) is 5.81. The van der Waals surface area contributed by atoms with Crippen LogP contribution in [0.5, 0.6) is 0 Å². The fourth-order valence-electron chi connectivity index (χ4n) is 1.03. The zero-order chi connectivity index (χ0) is 10.6. The molecule has 0 aliphatic heterocycles. The van der Waals surface area contributed by atoms with Gasteiger partial charge in [-0.05, 0) is 18.6 Å². The average molecular weight is 208 g/mol. The molecule has 0 bridgehead atoms. The molecule has 2 heteroatoms. The molecule has 1 rings (SSSR count). The molecule has 76 valence electrons. The summed E-state index contributed by atoms with van der Waals surface area (Å²) in [5.74, 6) is 1.05. The van der Waals surface area contributed by atoms with Crippen LogP contribution in [0.1, 0.15) is 19.4 Å². The van der Waals surface area contributed by atoms with Crippen molar-refractivity contribution in [2.24, 2.45) is 5.92 Å².